The summed E-state index contributed by atoms with van der Waals surface area (Å²) in [6, 6.07) is 12.7. The molecule has 0 bridgehead atoms. The quantitative estimate of drug-likeness (QED) is 0.379. The molecule has 3 aromatic rings. The van der Waals surface area contributed by atoms with E-state index in [2.05, 4.69) is 25.7 Å². The highest BCUT2D eigenvalue weighted by Crippen LogP contribution is 2.22. The second-order valence-electron chi connectivity index (χ2n) is 6.72. The molecule has 0 aliphatic carbocycles. The van der Waals surface area contributed by atoms with Crippen LogP contribution in [-0.4, -0.2) is 43.8 Å². The number of amides is 1. The molecule has 1 unspecified atom stereocenters. The van der Waals surface area contributed by atoms with Crippen LogP contribution in [0.25, 0.3) is 11.4 Å². The lowest BCUT2D eigenvalue weighted by Crippen LogP contribution is -2.26. The van der Waals surface area contributed by atoms with Crippen molar-refractivity contribution in [1.82, 2.24) is 15.5 Å². The van der Waals surface area contributed by atoms with Crippen LogP contribution in [0.3, 0.4) is 0 Å². The van der Waals surface area contributed by atoms with Crippen LogP contribution in [0.4, 0.5) is 4.39 Å². The number of benzene rings is 2. The first-order valence-electron chi connectivity index (χ1n) is 9.58. The van der Waals surface area contributed by atoms with Gasteiger partial charge in [-0.3, -0.25) is 9.59 Å². The Morgan fingerprint density at radius 2 is 2.00 bits per heavy atom. The van der Waals surface area contributed by atoms with Crippen molar-refractivity contribution in [2.75, 3.05) is 0 Å². The second-order valence-corrected chi connectivity index (χ2v) is 7.91. The molecular weight excluding hydrogens is 453 g/mol. The fourth-order valence-electron chi connectivity index (χ4n) is 2.72. The molecule has 168 valence electrons. The van der Waals surface area contributed by atoms with E-state index in [-0.39, 0.29) is 29.9 Å². The number of carbonyl (C=O) groups is 2. The maximum absolute atomic E-state index is 12.9. The van der Waals surface area contributed by atoms with Crippen molar-refractivity contribution in [3.05, 3.63) is 65.8 Å². The summed E-state index contributed by atoms with van der Waals surface area (Å²) < 4.78 is 23.6. The Balaban J connectivity index is 1.32. The minimum absolute atomic E-state index is 0.0472. The predicted molar refractivity (Wildman–Crippen MR) is 117 cm³/mol. The third kappa shape index (κ3) is 6.01. The number of ether oxygens (including phenoxy) is 1. The molecule has 2 heterocycles. The number of hydrogen-bond donors (Lipinski definition) is 2. The minimum atomic E-state index is -1.05. The lowest BCUT2D eigenvalue weighted by molar-refractivity contribution is -0.138. The second kappa shape index (κ2) is 10.0. The standard InChI is InChI=1S/C21H16FN5O5S/c22-14-5-7-15(8-6-14)31-11-17-24-19(27-32-17)13-3-1-12(2-4-13)10-23-26-21-25-20(30)16(33-21)9-18(28)29/h1-8,10,16H,9,11H2,(H,28,29)(H,25,26,30). The monoisotopic (exact) mass is 469 g/mol. The molecule has 0 saturated carbocycles. The van der Waals surface area contributed by atoms with E-state index in [1.807, 2.05) is 0 Å². The molecule has 0 radical (unpaired) electrons. The summed E-state index contributed by atoms with van der Waals surface area (Å²) in [5.74, 6) is -0.669. The lowest BCUT2D eigenvalue weighted by atomic mass is 10.1. The van der Waals surface area contributed by atoms with Crippen LogP contribution in [0.1, 0.15) is 17.9 Å². The fraction of sp³-hybridized carbons (Fsp3) is 0.143. The summed E-state index contributed by atoms with van der Waals surface area (Å²) in [5.41, 5.74) is 1.45. The van der Waals surface area contributed by atoms with E-state index in [0.717, 1.165) is 17.3 Å². The number of nitrogens with one attached hydrogen (secondary N) is 1. The number of carboxylic acids is 1. The largest absolute Gasteiger partial charge is 0.484 e. The van der Waals surface area contributed by atoms with Gasteiger partial charge in [0.2, 0.25) is 11.7 Å². The summed E-state index contributed by atoms with van der Waals surface area (Å²) in [4.78, 5) is 26.7. The van der Waals surface area contributed by atoms with Gasteiger partial charge in [0.15, 0.2) is 11.8 Å². The van der Waals surface area contributed by atoms with Crippen LogP contribution < -0.4 is 10.1 Å². The highest BCUT2D eigenvalue weighted by Gasteiger charge is 2.32. The van der Waals surface area contributed by atoms with Gasteiger partial charge < -0.3 is 19.7 Å². The molecule has 1 saturated heterocycles. The van der Waals surface area contributed by atoms with Crippen molar-refractivity contribution in [2.45, 2.75) is 18.3 Å². The van der Waals surface area contributed by atoms with Crippen LogP contribution in [0.15, 0.2) is 63.3 Å². The van der Waals surface area contributed by atoms with Gasteiger partial charge in [-0.2, -0.15) is 10.1 Å². The molecule has 1 aliphatic rings. The smallest absolute Gasteiger partial charge is 0.305 e. The molecule has 1 fully saturated rings. The minimum Gasteiger partial charge on any atom is -0.484 e. The van der Waals surface area contributed by atoms with E-state index < -0.39 is 17.1 Å². The summed E-state index contributed by atoms with van der Waals surface area (Å²) in [6.45, 7) is 0.0472. The Morgan fingerprint density at radius 3 is 2.73 bits per heavy atom. The van der Waals surface area contributed by atoms with Crippen LogP contribution in [-0.2, 0) is 16.2 Å². The number of carbonyl (C=O) groups excluding carboxylic acids is 1. The molecule has 2 N–H and O–H groups in total. The highest BCUT2D eigenvalue weighted by atomic mass is 32.2. The van der Waals surface area contributed by atoms with E-state index in [1.54, 1.807) is 24.3 Å². The number of carboxylic acid groups (broad SMARTS) is 1. The van der Waals surface area contributed by atoms with E-state index in [9.17, 15) is 14.0 Å². The SMILES string of the molecule is O=C(O)CC1SC(=NN=Cc2ccc(-c3noc(COc4ccc(F)cc4)n3)cc2)NC1=O. The van der Waals surface area contributed by atoms with Gasteiger partial charge in [-0.05, 0) is 29.8 Å². The number of amidine groups is 1. The number of thioether (sulfide) groups is 1. The molecule has 1 atom stereocenters. The Kier molecular flexibility index (Phi) is 6.74. The number of rotatable bonds is 8. The van der Waals surface area contributed by atoms with E-state index >= 15 is 0 Å². The molecule has 1 aromatic heterocycles. The van der Waals surface area contributed by atoms with Gasteiger partial charge in [-0.1, -0.05) is 41.2 Å². The van der Waals surface area contributed by atoms with E-state index in [0.29, 0.717) is 17.1 Å². The Bertz CT molecular complexity index is 1210. The van der Waals surface area contributed by atoms with Crippen LogP contribution in [0.5, 0.6) is 5.75 Å². The van der Waals surface area contributed by atoms with Crippen molar-refractivity contribution in [3.8, 4) is 17.1 Å². The van der Waals surface area contributed by atoms with Crippen LogP contribution >= 0.6 is 11.8 Å². The van der Waals surface area contributed by atoms with Crippen molar-refractivity contribution in [1.29, 1.82) is 0 Å². The van der Waals surface area contributed by atoms with Gasteiger partial charge in [0.05, 0.1) is 12.6 Å². The number of nitrogens with zero attached hydrogens (tertiary/aromatic N) is 4. The Hall–Kier alpha value is -4.06. The van der Waals surface area contributed by atoms with Gasteiger partial charge >= 0.3 is 5.97 Å². The normalized spacial score (nSPS) is 16.9. The summed E-state index contributed by atoms with van der Waals surface area (Å²) in [6.07, 6.45) is 1.21. The number of aromatic nitrogens is 2. The number of hydrogen-bond acceptors (Lipinski definition) is 9. The van der Waals surface area contributed by atoms with Crippen molar-refractivity contribution < 1.29 is 28.3 Å². The molecule has 10 nitrogen and oxygen atoms in total. The van der Waals surface area contributed by atoms with Crippen molar-refractivity contribution >= 4 is 35.0 Å². The zero-order valence-corrected chi connectivity index (χ0v) is 17.7. The maximum atomic E-state index is 12.9. The Morgan fingerprint density at radius 1 is 1.24 bits per heavy atom. The van der Waals surface area contributed by atoms with E-state index in [1.165, 1.54) is 30.5 Å². The predicted octanol–water partition coefficient (Wildman–Crippen LogP) is 2.85. The Labute approximate surface area is 190 Å². The number of halogens is 1. The lowest BCUT2D eigenvalue weighted by Gasteiger charge is -2.01. The summed E-state index contributed by atoms with van der Waals surface area (Å²) in [7, 11) is 0. The zero-order chi connectivity index (χ0) is 23.2. The molecular formula is C21H16FN5O5S. The zero-order valence-electron chi connectivity index (χ0n) is 16.8. The molecule has 1 amide bonds. The van der Waals surface area contributed by atoms with Gasteiger partial charge in [0, 0.05) is 5.56 Å². The molecule has 4 rings (SSSR count). The maximum Gasteiger partial charge on any atom is 0.305 e. The third-order valence-electron chi connectivity index (χ3n) is 4.30. The van der Waals surface area contributed by atoms with Gasteiger partial charge in [-0.15, -0.1) is 5.10 Å². The summed E-state index contributed by atoms with van der Waals surface area (Å²) >= 11 is 1.03. The van der Waals surface area contributed by atoms with Gasteiger partial charge in [0.25, 0.3) is 5.89 Å². The average molecular weight is 469 g/mol. The van der Waals surface area contributed by atoms with Gasteiger partial charge in [-0.25, -0.2) is 4.39 Å². The van der Waals surface area contributed by atoms with Crippen molar-refractivity contribution in [2.24, 2.45) is 10.2 Å². The molecule has 1 aliphatic heterocycles. The van der Waals surface area contributed by atoms with Crippen LogP contribution in [0, 0.1) is 5.82 Å². The molecule has 0 spiro atoms. The van der Waals surface area contributed by atoms with E-state index in [4.69, 9.17) is 14.4 Å². The third-order valence-corrected chi connectivity index (χ3v) is 5.38. The average Bonchev–Trinajstić information content (AvgIpc) is 3.40. The highest BCUT2D eigenvalue weighted by molar-refractivity contribution is 8.15. The van der Waals surface area contributed by atoms with Gasteiger partial charge in [0.1, 0.15) is 16.8 Å². The van der Waals surface area contributed by atoms with Crippen molar-refractivity contribution in [3.63, 3.8) is 0 Å². The molecule has 2 aromatic carbocycles. The topological polar surface area (TPSA) is 139 Å². The molecule has 33 heavy (non-hydrogen) atoms. The summed E-state index contributed by atoms with van der Waals surface area (Å²) in [5, 5.41) is 22.6. The molecule has 12 heteroatoms. The first kappa shape index (κ1) is 22.1. The van der Waals surface area contributed by atoms with Crippen LogP contribution in [0.2, 0.25) is 0 Å². The first-order chi connectivity index (χ1) is 16.0. The fourth-order valence-corrected chi connectivity index (χ4v) is 3.63. The number of aliphatic carboxylic acids is 1. The first-order valence-corrected chi connectivity index (χ1v) is 10.5.